The highest BCUT2D eigenvalue weighted by Gasteiger charge is 1.99. The lowest BCUT2D eigenvalue weighted by Gasteiger charge is -1.93. The van der Waals surface area contributed by atoms with Gasteiger partial charge in [0, 0.05) is 11.8 Å². The zero-order chi connectivity index (χ0) is 10.3. The van der Waals surface area contributed by atoms with Gasteiger partial charge in [-0.15, -0.1) is 0 Å². The van der Waals surface area contributed by atoms with Crippen molar-refractivity contribution in [3.8, 4) is 0 Å². The second-order valence-corrected chi connectivity index (χ2v) is 2.14. The lowest BCUT2D eigenvalue weighted by Crippen LogP contribution is -1.94. The van der Waals surface area contributed by atoms with Crippen molar-refractivity contribution in [2.75, 3.05) is 0 Å². The van der Waals surface area contributed by atoms with Crippen molar-refractivity contribution >= 4 is 12.1 Å². The van der Waals surface area contributed by atoms with Gasteiger partial charge in [-0.1, -0.05) is 13.8 Å². The minimum atomic E-state index is -0.0597. The summed E-state index contributed by atoms with van der Waals surface area (Å²) in [7, 11) is 0. The average molecular weight is 179 g/mol. The van der Waals surface area contributed by atoms with Crippen molar-refractivity contribution in [1.29, 1.82) is 0 Å². The van der Waals surface area contributed by atoms with E-state index in [0.717, 1.165) is 0 Å². The Morgan fingerprint density at radius 1 is 1.46 bits per heavy atom. The number of aromatic nitrogens is 1. The first-order valence-corrected chi connectivity index (χ1v) is 4.16. The van der Waals surface area contributed by atoms with Crippen LogP contribution in [0.15, 0.2) is 18.3 Å². The van der Waals surface area contributed by atoms with E-state index in [1.54, 1.807) is 6.07 Å². The Morgan fingerprint density at radius 2 is 2.08 bits per heavy atom. The summed E-state index contributed by atoms with van der Waals surface area (Å²) in [6.45, 7) is 5.45. The van der Waals surface area contributed by atoms with Crippen LogP contribution >= 0.6 is 0 Å². The van der Waals surface area contributed by atoms with Gasteiger partial charge in [0.05, 0.1) is 0 Å². The van der Waals surface area contributed by atoms with Gasteiger partial charge in [-0.05, 0) is 19.1 Å². The fraction of sp³-hybridized carbons (Fsp3) is 0.300. The van der Waals surface area contributed by atoms with Crippen LogP contribution in [0.2, 0.25) is 0 Å². The largest absolute Gasteiger partial charge is 0.296 e. The Labute approximate surface area is 77.8 Å². The molecule has 0 radical (unpaired) electrons. The molecule has 1 aromatic heterocycles. The number of ketones is 1. The third-order valence-electron chi connectivity index (χ3n) is 1.31. The molecule has 0 atom stereocenters. The molecule has 0 aliphatic carbocycles. The molecule has 13 heavy (non-hydrogen) atoms. The van der Waals surface area contributed by atoms with E-state index in [2.05, 4.69) is 4.98 Å². The minimum Gasteiger partial charge on any atom is -0.296 e. The second kappa shape index (κ2) is 6.06. The monoisotopic (exact) mass is 179 g/mol. The second-order valence-electron chi connectivity index (χ2n) is 2.14. The molecular formula is C10H13NO2. The summed E-state index contributed by atoms with van der Waals surface area (Å²) in [4.78, 5) is 24.7. The van der Waals surface area contributed by atoms with Crippen LogP contribution in [-0.4, -0.2) is 17.1 Å². The van der Waals surface area contributed by atoms with Crippen LogP contribution < -0.4 is 0 Å². The molecule has 0 amide bonds. The summed E-state index contributed by atoms with van der Waals surface area (Å²) in [5.74, 6) is -0.0597. The molecule has 0 aliphatic heterocycles. The van der Waals surface area contributed by atoms with Crippen LogP contribution in [0.3, 0.4) is 0 Å². The molecule has 70 valence electrons. The summed E-state index contributed by atoms with van der Waals surface area (Å²) in [5, 5.41) is 0. The summed E-state index contributed by atoms with van der Waals surface area (Å²) in [6, 6.07) is 3.05. The highest BCUT2D eigenvalue weighted by molar-refractivity contribution is 5.95. The van der Waals surface area contributed by atoms with E-state index >= 15 is 0 Å². The molecule has 0 bridgehead atoms. The lowest BCUT2D eigenvalue weighted by molar-refractivity contribution is 0.101. The highest BCUT2D eigenvalue weighted by atomic mass is 16.1. The number of carbonyl (C=O) groups excluding carboxylic acids is 2. The zero-order valence-corrected chi connectivity index (χ0v) is 8.07. The number of hydrogen-bond acceptors (Lipinski definition) is 3. The van der Waals surface area contributed by atoms with Gasteiger partial charge in [0.2, 0.25) is 0 Å². The molecule has 0 N–H and O–H groups in total. The molecule has 3 nitrogen and oxygen atoms in total. The van der Waals surface area contributed by atoms with Gasteiger partial charge in [-0.25, -0.2) is 0 Å². The molecule has 0 aromatic carbocycles. The maximum Gasteiger partial charge on any atom is 0.168 e. The lowest BCUT2D eigenvalue weighted by atomic mass is 10.2. The summed E-state index contributed by atoms with van der Waals surface area (Å²) in [6.07, 6.45) is 2.06. The Kier molecular flexibility index (Phi) is 5.35. The first kappa shape index (κ1) is 11.5. The van der Waals surface area contributed by atoms with Crippen LogP contribution in [-0.2, 0) is 0 Å². The molecule has 0 saturated heterocycles. The molecule has 1 rings (SSSR count). The van der Waals surface area contributed by atoms with Crippen molar-refractivity contribution in [3.63, 3.8) is 0 Å². The number of carbonyl (C=O) groups is 2. The van der Waals surface area contributed by atoms with E-state index in [-0.39, 0.29) is 11.5 Å². The van der Waals surface area contributed by atoms with Crippen LogP contribution in [0, 0.1) is 0 Å². The molecule has 0 saturated carbocycles. The quantitative estimate of drug-likeness (QED) is 0.516. The molecule has 0 aliphatic rings. The van der Waals surface area contributed by atoms with Crippen LogP contribution in [0.25, 0.3) is 0 Å². The maximum atomic E-state index is 10.8. The number of pyridine rings is 1. The van der Waals surface area contributed by atoms with E-state index in [4.69, 9.17) is 0 Å². The SMILES string of the molecule is CC.CC(=O)c1ccnc(C=O)c1. The van der Waals surface area contributed by atoms with Gasteiger partial charge in [0.15, 0.2) is 12.1 Å². The number of Topliss-reactive ketones (excluding diaryl/α,β-unsaturated/α-hetero) is 1. The Morgan fingerprint density at radius 3 is 2.54 bits per heavy atom. The number of hydrogen-bond donors (Lipinski definition) is 0. The molecule has 1 heterocycles. The Balaban J connectivity index is 0.000000671. The predicted molar refractivity (Wildman–Crippen MR) is 51.0 cm³/mol. The van der Waals surface area contributed by atoms with Gasteiger partial charge in [0.25, 0.3) is 0 Å². The predicted octanol–water partition coefficient (Wildman–Crippen LogP) is 2.12. The van der Waals surface area contributed by atoms with Gasteiger partial charge in [-0.2, -0.15) is 0 Å². The van der Waals surface area contributed by atoms with Crippen LogP contribution in [0.4, 0.5) is 0 Å². The van der Waals surface area contributed by atoms with Crippen molar-refractivity contribution in [1.82, 2.24) is 4.98 Å². The topological polar surface area (TPSA) is 47.0 Å². The zero-order valence-electron chi connectivity index (χ0n) is 8.07. The van der Waals surface area contributed by atoms with Crippen molar-refractivity contribution < 1.29 is 9.59 Å². The van der Waals surface area contributed by atoms with E-state index in [9.17, 15) is 9.59 Å². The van der Waals surface area contributed by atoms with Gasteiger partial charge in [-0.3, -0.25) is 14.6 Å². The van der Waals surface area contributed by atoms with Gasteiger partial charge >= 0.3 is 0 Å². The molecular weight excluding hydrogens is 166 g/mol. The third-order valence-corrected chi connectivity index (χ3v) is 1.31. The molecule has 0 spiro atoms. The standard InChI is InChI=1S/C8H7NO2.C2H6/c1-6(11)7-2-3-9-8(4-7)5-10;1-2/h2-5H,1H3;1-2H3. The minimum absolute atomic E-state index is 0.0597. The first-order valence-electron chi connectivity index (χ1n) is 4.16. The highest BCUT2D eigenvalue weighted by Crippen LogP contribution is 1.99. The summed E-state index contributed by atoms with van der Waals surface area (Å²) < 4.78 is 0. The smallest absolute Gasteiger partial charge is 0.168 e. The fourth-order valence-corrected chi connectivity index (χ4v) is 0.732. The van der Waals surface area contributed by atoms with Crippen LogP contribution in [0.5, 0.6) is 0 Å². The number of nitrogens with zero attached hydrogens (tertiary/aromatic N) is 1. The molecule has 3 heteroatoms. The van der Waals surface area contributed by atoms with Crippen molar-refractivity contribution in [2.45, 2.75) is 20.8 Å². The van der Waals surface area contributed by atoms with Gasteiger partial charge in [0.1, 0.15) is 5.69 Å². The Hall–Kier alpha value is -1.51. The summed E-state index contributed by atoms with van der Waals surface area (Å²) >= 11 is 0. The first-order chi connectivity index (χ1) is 6.24. The average Bonchev–Trinajstić information content (AvgIpc) is 2.21. The molecule has 0 unspecified atom stereocenters. The summed E-state index contributed by atoms with van der Waals surface area (Å²) in [5.41, 5.74) is 0.805. The maximum absolute atomic E-state index is 10.8. The Bertz CT molecular complexity index is 295. The fourth-order valence-electron chi connectivity index (χ4n) is 0.732. The van der Waals surface area contributed by atoms with Crippen LogP contribution in [0.1, 0.15) is 41.6 Å². The normalized spacial score (nSPS) is 8.23. The third kappa shape index (κ3) is 3.60. The number of rotatable bonds is 2. The van der Waals surface area contributed by atoms with Crippen molar-refractivity contribution in [3.05, 3.63) is 29.6 Å². The van der Waals surface area contributed by atoms with E-state index in [0.29, 0.717) is 11.8 Å². The van der Waals surface area contributed by atoms with Gasteiger partial charge < -0.3 is 0 Å². The van der Waals surface area contributed by atoms with Crippen molar-refractivity contribution in [2.24, 2.45) is 0 Å². The van der Waals surface area contributed by atoms with E-state index < -0.39 is 0 Å². The number of aldehydes is 1. The molecule has 1 aromatic rings. The van der Waals surface area contributed by atoms with E-state index in [1.165, 1.54) is 19.2 Å². The molecule has 0 fully saturated rings. The van der Waals surface area contributed by atoms with E-state index in [1.807, 2.05) is 13.8 Å².